The molecule has 0 saturated carbocycles. The minimum absolute atomic E-state index is 0. The number of carboxylic acid groups (broad SMARTS) is 1. The summed E-state index contributed by atoms with van der Waals surface area (Å²) in [5, 5.41) is 10.3. The van der Waals surface area contributed by atoms with E-state index in [0.29, 0.717) is 5.75 Å². The summed E-state index contributed by atoms with van der Waals surface area (Å²) in [6.45, 7) is 0. The molecule has 0 aliphatic heterocycles. The zero-order chi connectivity index (χ0) is 8.97. The summed E-state index contributed by atoms with van der Waals surface area (Å²) in [7, 11) is 0. The molecule has 3 nitrogen and oxygen atoms in total. The van der Waals surface area contributed by atoms with Gasteiger partial charge in [0.25, 0.3) is 0 Å². The van der Waals surface area contributed by atoms with Crippen molar-refractivity contribution in [2.45, 2.75) is 7.43 Å². The first-order valence-electron chi connectivity index (χ1n) is 3.26. The first kappa shape index (κ1) is 16.9. The first-order chi connectivity index (χ1) is 5.74. The van der Waals surface area contributed by atoms with Crippen molar-refractivity contribution in [2.24, 2.45) is 0 Å². The molecule has 5 heteroatoms. The van der Waals surface area contributed by atoms with Crippen LogP contribution >= 0.6 is 12.0 Å². The molecular formula is C9H11KO3S. The van der Waals surface area contributed by atoms with Crippen LogP contribution in [0.4, 0.5) is 0 Å². The van der Waals surface area contributed by atoms with E-state index in [-0.39, 0.29) is 64.4 Å². The van der Waals surface area contributed by atoms with Crippen molar-refractivity contribution in [3.8, 4) is 5.75 Å². The molecule has 72 valence electrons. The SMILES string of the molecule is C.CSOc1ccc(C(=O)[O-])cc1.[K+]. The van der Waals surface area contributed by atoms with E-state index < -0.39 is 5.97 Å². The maximum atomic E-state index is 10.3. The van der Waals surface area contributed by atoms with Gasteiger partial charge in [0.2, 0.25) is 0 Å². The Hall–Kier alpha value is 0.476. The monoisotopic (exact) mass is 238 g/mol. The van der Waals surface area contributed by atoms with Crippen LogP contribution in [-0.2, 0) is 0 Å². The molecule has 0 radical (unpaired) electrons. The predicted molar refractivity (Wildman–Crippen MR) is 51.6 cm³/mol. The molecular weight excluding hydrogens is 227 g/mol. The van der Waals surface area contributed by atoms with Gasteiger partial charge < -0.3 is 14.1 Å². The van der Waals surface area contributed by atoms with Gasteiger partial charge in [-0.3, -0.25) is 0 Å². The van der Waals surface area contributed by atoms with Crippen molar-refractivity contribution in [3.05, 3.63) is 29.8 Å². The Morgan fingerprint density at radius 2 is 1.86 bits per heavy atom. The van der Waals surface area contributed by atoms with E-state index in [1.54, 1.807) is 18.4 Å². The van der Waals surface area contributed by atoms with Gasteiger partial charge >= 0.3 is 51.4 Å². The fraction of sp³-hybridized carbons (Fsp3) is 0.222. The Morgan fingerprint density at radius 3 is 2.21 bits per heavy atom. The predicted octanol–water partition coefficient (Wildman–Crippen LogP) is -1.65. The van der Waals surface area contributed by atoms with Gasteiger partial charge in [0.05, 0.1) is 18.0 Å². The van der Waals surface area contributed by atoms with Crippen LogP contribution in [-0.4, -0.2) is 12.2 Å². The molecule has 0 unspecified atom stereocenters. The molecule has 0 bridgehead atoms. The fourth-order valence-electron chi connectivity index (χ4n) is 0.743. The zero-order valence-electron chi connectivity index (χ0n) is 7.44. The van der Waals surface area contributed by atoms with Gasteiger partial charge in [-0.25, -0.2) is 0 Å². The van der Waals surface area contributed by atoms with E-state index in [1.807, 2.05) is 0 Å². The second-order valence-electron chi connectivity index (χ2n) is 2.06. The Morgan fingerprint density at radius 1 is 1.36 bits per heavy atom. The molecule has 0 amide bonds. The van der Waals surface area contributed by atoms with E-state index in [1.165, 1.54) is 24.2 Å². The van der Waals surface area contributed by atoms with Crippen LogP contribution in [0.15, 0.2) is 24.3 Å². The summed E-state index contributed by atoms with van der Waals surface area (Å²) in [5.74, 6) is -0.543. The van der Waals surface area contributed by atoms with E-state index in [2.05, 4.69) is 0 Å². The molecule has 0 saturated heterocycles. The largest absolute Gasteiger partial charge is 1.00 e. The smallest absolute Gasteiger partial charge is 0.545 e. The molecule has 1 rings (SSSR count). The molecule has 0 heterocycles. The average Bonchev–Trinajstić information content (AvgIpc) is 2.06. The average molecular weight is 238 g/mol. The molecule has 1 aromatic rings. The molecule has 0 spiro atoms. The van der Waals surface area contributed by atoms with E-state index in [0.717, 1.165) is 0 Å². The molecule has 1 aromatic carbocycles. The minimum atomic E-state index is -1.18. The Labute approximate surface area is 131 Å². The molecule has 0 aromatic heterocycles. The van der Waals surface area contributed by atoms with Gasteiger partial charge in [0.1, 0.15) is 5.75 Å². The summed E-state index contributed by atoms with van der Waals surface area (Å²) >= 11 is 1.21. The summed E-state index contributed by atoms with van der Waals surface area (Å²) < 4.78 is 5.04. The summed E-state index contributed by atoms with van der Waals surface area (Å²) in [6.07, 6.45) is 1.78. The van der Waals surface area contributed by atoms with Gasteiger partial charge in [-0.1, -0.05) is 7.43 Å². The van der Waals surface area contributed by atoms with Crippen LogP contribution in [0.2, 0.25) is 0 Å². The third-order valence-electron chi connectivity index (χ3n) is 1.27. The van der Waals surface area contributed by atoms with E-state index >= 15 is 0 Å². The normalized spacial score (nSPS) is 8.07. The second-order valence-corrected chi connectivity index (χ2v) is 2.56. The van der Waals surface area contributed by atoms with E-state index in [4.69, 9.17) is 4.18 Å². The topological polar surface area (TPSA) is 49.4 Å². The number of hydrogen-bond acceptors (Lipinski definition) is 4. The number of carbonyl (C=O) groups is 1. The number of carboxylic acids is 1. The summed E-state index contributed by atoms with van der Waals surface area (Å²) in [6, 6.07) is 6.06. The maximum Gasteiger partial charge on any atom is 1.00 e. The standard InChI is InChI=1S/C8H8O3S.CH4.K/c1-12-11-7-4-2-6(3-5-7)8(9)10;;/h2-5H,1H3,(H,9,10);1H4;/q;;+1/p-1. The van der Waals surface area contributed by atoms with Crippen molar-refractivity contribution in [1.29, 1.82) is 0 Å². The zero-order valence-corrected chi connectivity index (χ0v) is 11.4. The van der Waals surface area contributed by atoms with Crippen LogP contribution in [0, 0.1) is 0 Å². The third-order valence-corrected chi connectivity index (χ3v) is 1.63. The van der Waals surface area contributed by atoms with Crippen LogP contribution < -0.4 is 60.7 Å². The fourth-order valence-corrected chi connectivity index (χ4v) is 1.05. The van der Waals surface area contributed by atoms with Crippen molar-refractivity contribution in [1.82, 2.24) is 0 Å². The molecule has 0 N–H and O–H groups in total. The van der Waals surface area contributed by atoms with Crippen LogP contribution in [0.25, 0.3) is 0 Å². The van der Waals surface area contributed by atoms with Gasteiger partial charge in [-0.15, -0.1) is 0 Å². The van der Waals surface area contributed by atoms with E-state index in [9.17, 15) is 9.90 Å². The van der Waals surface area contributed by atoms with Gasteiger partial charge in [0.15, 0.2) is 0 Å². The van der Waals surface area contributed by atoms with Crippen molar-refractivity contribution in [3.63, 3.8) is 0 Å². The number of benzene rings is 1. The van der Waals surface area contributed by atoms with Crippen LogP contribution in [0.3, 0.4) is 0 Å². The quantitative estimate of drug-likeness (QED) is 0.467. The summed E-state index contributed by atoms with van der Waals surface area (Å²) in [5.41, 5.74) is 0.156. The van der Waals surface area contributed by atoms with Crippen molar-refractivity contribution >= 4 is 18.0 Å². The van der Waals surface area contributed by atoms with Crippen molar-refractivity contribution in [2.75, 3.05) is 6.26 Å². The maximum absolute atomic E-state index is 10.3. The van der Waals surface area contributed by atoms with Crippen LogP contribution in [0.1, 0.15) is 17.8 Å². The van der Waals surface area contributed by atoms with Gasteiger partial charge in [-0.2, -0.15) is 0 Å². The van der Waals surface area contributed by atoms with Crippen molar-refractivity contribution < 1.29 is 65.5 Å². The molecule has 14 heavy (non-hydrogen) atoms. The Balaban J connectivity index is 0. The molecule has 0 fully saturated rings. The first-order valence-corrected chi connectivity index (χ1v) is 4.41. The second kappa shape index (κ2) is 8.76. The Bertz CT molecular complexity index is 274. The number of hydrogen-bond donors (Lipinski definition) is 0. The number of aromatic carboxylic acids is 1. The third kappa shape index (κ3) is 5.38. The number of carbonyl (C=O) groups excluding carboxylic acids is 1. The Kier molecular flexibility index (Phi) is 10.6. The van der Waals surface area contributed by atoms with Gasteiger partial charge in [-0.05, 0) is 29.8 Å². The van der Waals surface area contributed by atoms with Crippen LogP contribution in [0.5, 0.6) is 5.75 Å². The molecule has 0 aliphatic carbocycles. The number of rotatable bonds is 3. The minimum Gasteiger partial charge on any atom is -0.545 e. The molecule has 0 atom stereocenters. The molecule has 0 aliphatic rings. The van der Waals surface area contributed by atoms with Gasteiger partial charge in [0, 0.05) is 6.26 Å². The summed E-state index contributed by atoms with van der Waals surface area (Å²) in [4.78, 5) is 10.3.